The SMILES string of the molecule is CCCCCC1(C)COC(O)(c2ccc(-c3cc(F)c(C(F)(F)Oc4cc(F)c(F)c(F)c4)c(F)c3)c(F)c2)OC1. The highest BCUT2D eigenvalue weighted by molar-refractivity contribution is 5.65. The Hall–Kier alpha value is -3.22. The monoisotopic (exact) mass is 590 g/mol. The lowest BCUT2D eigenvalue weighted by atomic mass is 9.85. The molecular weight excluding hydrogens is 564 g/mol. The number of hydrogen-bond donors (Lipinski definition) is 1. The molecule has 0 aliphatic carbocycles. The molecule has 1 saturated heterocycles. The van der Waals surface area contributed by atoms with E-state index in [-0.39, 0.29) is 36.3 Å². The van der Waals surface area contributed by atoms with Crippen molar-refractivity contribution < 1.29 is 54.4 Å². The maximum absolute atomic E-state index is 15.1. The molecule has 1 fully saturated rings. The Labute approximate surface area is 230 Å². The number of benzene rings is 3. The van der Waals surface area contributed by atoms with Gasteiger partial charge in [0.25, 0.3) is 0 Å². The van der Waals surface area contributed by atoms with Crippen LogP contribution in [0.1, 0.15) is 50.7 Å². The molecule has 4 nitrogen and oxygen atoms in total. The minimum atomic E-state index is -4.80. The quantitative estimate of drug-likeness (QED) is 0.156. The van der Waals surface area contributed by atoms with Gasteiger partial charge >= 0.3 is 12.1 Å². The van der Waals surface area contributed by atoms with Crippen molar-refractivity contribution in [3.63, 3.8) is 0 Å². The molecule has 4 rings (SSSR count). The molecule has 0 radical (unpaired) electrons. The van der Waals surface area contributed by atoms with E-state index in [1.54, 1.807) is 0 Å². The van der Waals surface area contributed by atoms with Gasteiger partial charge in [0.1, 0.15) is 28.8 Å². The van der Waals surface area contributed by atoms with Crippen LogP contribution in [0.3, 0.4) is 0 Å². The number of ether oxygens (including phenoxy) is 3. The molecule has 1 aliphatic rings. The van der Waals surface area contributed by atoms with E-state index in [0.717, 1.165) is 37.8 Å². The Bertz CT molecular complexity index is 1370. The van der Waals surface area contributed by atoms with Crippen molar-refractivity contribution >= 4 is 0 Å². The smallest absolute Gasteiger partial charge is 0.429 e. The minimum Gasteiger partial charge on any atom is -0.429 e. The summed E-state index contributed by atoms with van der Waals surface area (Å²) in [4.78, 5) is 0. The van der Waals surface area contributed by atoms with Gasteiger partial charge in [0.2, 0.25) is 0 Å². The highest BCUT2D eigenvalue weighted by Crippen LogP contribution is 2.40. The fraction of sp³-hybridized carbons (Fsp3) is 0.379. The lowest BCUT2D eigenvalue weighted by molar-refractivity contribution is -0.415. The predicted octanol–water partition coefficient (Wildman–Crippen LogP) is 8.05. The van der Waals surface area contributed by atoms with Crippen LogP contribution in [0.2, 0.25) is 0 Å². The Morgan fingerprint density at radius 3 is 1.95 bits per heavy atom. The maximum atomic E-state index is 15.1. The van der Waals surface area contributed by atoms with Crippen LogP contribution in [0.15, 0.2) is 42.5 Å². The van der Waals surface area contributed by atoms with E-state index in [4.69, 9.17) is 9.47 Å². The molecule has 0 unspecified atom stereocenters. The van der Waals surface area contributed by atoms with Gasteiger partial charge in [-0.3, -0.25) is 0 Å². The summed E-state index contributed by atoms with van der Waals surface area (Å²) < 4.78 is 129. The molecular formula is C29H26F8O4. The first-order valence-corrected chi connectivity index (χ1v) is 12.7. The second-order valence-electron chi connectivity index (χ2n) is 10.3. The van der Waals surface area contributed by atoms with Crippen molar-refractivity contribution in [1.82, 2.24) is 0 Å². The van der Waals surface area contributed by atoms with Crippen LogP contribution in [0, 0.1) is 40.3 Å². The zero-order valence-electron chi connectivity index (χ0n) is 22.0. The van der Waals surface area contributed by atoms with Gasteiger partial charge in [0, 0.05) is 28.7 Å². The molecule has 0 spiro atoms. The Morgan fingerprint density at radius 2 is 1.41 bits per heavy atom. The lowest BCUT2D eigenvalue weighted by Gasteiger charge is -2.42. The van der Waals surface area contributed by atoms with Gasteiger partial charge in [-0.1, -0.05) is 45.2 Å². The molecule has 41 heavy (non-hydrogen) atoms. The fourth-order valence-corrected chi connectivity index (χ4v) is 4.48. The van der Waals surface area contributed by atoms with Crippen molar-refractivity contribution in [2.24, 2.45) is 5.41 Å². The number of unbranched alkanes of at least 4 members (excludes halogenated alkanes) is 2. The summed E-state index contributed by atoms with van der Waals surface area (Å²) in [7, 11) is 0. The van der Waals surface area contributed by atoms with E-state index in [0.29, 0.717) is 12.1 Å². The Morgan fingerprint density at radius 1 is 0.829 bits per heavy atom. The summed E-state index contributed by atoms with van der Waals surface area (Å²) in [6, 6.07) is 4.04. The summed E-state index contributed by atoms with van der Waals surface area (Å²) in [6.45, 7) is 4.25. The third-order valence-corrected chi connectivity index (χ3v) is 6.80. The summed E-state index contributed by atoms with van der Waals surface area (Å²) in [6.07, 6.45) is -1.02. The van der Waals surface area contributed by atoms with E-state index in [2.05, 4.69) is 11.7 Å². The van der Waals surface area contributed by atoms with E-state index < -0.39 is 69.4 Å². The molecule has 0 aromatic heterocycles. The van der Waals surface area contributed by atoms with Gasteiger partial charge in [-0.25, -0.2) is 26.3 Å². The van der Waals surface area contributed by atoms with Crippen molar-refractivity contribution in [3.8, 4) is 16.9 Å². The van der Waals surface area contributed by atoms with Crippen LogP contribution >= 0.6 is 0 Å². The van der Waals surface area contributed by atoms with Crippen molar-refractivity contribution in [2.75, 3.05) is 13.2 Å². The van der Waals surface area contributed by atoms with Crippen LogP contribution in [0.25, 0.3) is 11.1 Å². The van der Waals surface area contributed by atoms with Crippen LogP contribution in [0.4, 0.5) is 35.1 Å². The largest absolute Gasteiger partial charge is 0.432 e. The second-order valence-corrected chi connectivity index (χ2v) is 10.3. The summed E-state index contributed by atoms with van der Waals surface area (Å²) in [5.41, 5.74) is -3.31. The molecule has 0 atom stereocenters. The van der Waals surface area contributed by atoms with E-state index in [1.165, 1.54) is 6.07 Å². The van der Waals surface area contributed by atoms with Crippen molar-refractivity contribution in [3.05, 3.63) is 88.5 Å². The van der Waals surface area contributed by atoms with Crippen LogP contribution in [-0.4, -0.2) is 18.3 Å². The highest BCUT2D eigenvalue weighted by atomic mass is 19.3. The van der Waals surface area contributed by atoms with Crippen LogP contribution in [0.5, 0.6) is 5.75 Å². The molecule has 0 amide bonds. The number of rotatable bonds is 9. The molecule has 3 aromatic carbocycles. The average Bonchev–Trinajstić information content (AvgIpc) is 2.88. The molecule has 3 aromatic rings. The van der Waals surface area contributed by atoms with E-state index in [9.17, 15) is 35.8 Å². The Balaban J connectivity index is 1.55. The van der Waals surface area contributed by atoms with Crippen LogP contribution < -0.4 is 4.74 Å². The van der Waals surface area contributed by atoms with Crippen molar-refractivity contribution in [1.29, 1.82) is 0 Å². The maximum Gasteiger partial charge on any atom is 0.432 e. The van der Waals surface area contributed by atoms with Crippen molar-refractivity contribution in [2.45, 2.75) is 51.6 Å². The first-order chi connectivity index (χ1) is 19.2. The van der Waals surface area contributed by atoms with Gasteiger partial charge in [-0.15, -0.1) is 0 Å². The third-order valence-electron chi connectivity index (χ3n) is 6.80. The number of aliphatic hydroxyl groups is 1. The average molecular weight is 591 g/mol. The topological polar surface area (TPSA) is 47.9 Å². The zero-order valence-corrected chi connectivity index (χ0v) is 22.0. The third kappa shape index (κ3) is 6.49. The lowest BCUT2D eigenvalue weighted by Crippen LogP contribution is -2.46. The van der Waals surface area contributed by atoms with Gasteiger partial charge in [-0.05, 0) is 30.2 Å². The normalized spacial score (nSPS) is 21.2. The molecule has 0 bridgehead atoms. The fourth-order valence-electron chi connectivity index (χ4n) is 4.48. The zero-order chi connectivity index (χ0) is 30.2. The van der Waals surface area contributed by atoms with Gasteiger partial charge < -0.3 is 19.3 Å². The molecule has 1 heterocycles. The highest BCUT2D eigenvalue weighted by Gasteiger charge is 2.44. The number of hydrogen-bond acceptors (Lipinski definition) is 4. The predicted molar refractivity (Wildman–Crippen MR) is 131 cm³/mol. The van der Waals surface area contributed by atoms with Gasteiger partial charge in [0.05, 0.1) is 13.2 Å². The van der Waals surface area contributed by atoms with Gasteiger partial charge in [-0.2, -0.15) is 8.78 Å². The van der Waals surface area contributed by atoms with Gasteiger partial charge in [0.15, 0.2) is 17.5 Å². The summed E-state index contributed by atoms with van der Waals surface area (Å²) in [5, 5.41) is 10.8. The molecule has 12 heteroatoms. The first-order valence-electron chi connectivity index (χ1n) is 12.7. The minimum absolute atomic E-state index is 0.0774. The van der Waals surface area contributed by atoms with E-state index in [1.807, 2.05) is 6.92 Å². The standard InChI is InChI=1S/C29H26F8O4/c1-3-4-5-8-27(2)14-39-29(38,40-15-27)17-6-7-19(20(30)11-17)16-9-21(31)25(22(32)10-16)28(36,37)41-18-12-23(33)26(35)24(34)13-18/h6-7,9-13,38H,3-5,8,14-15H2,1-2H3. The first kappa shape index (κ1) is 30.7. The molecule has 222 valence electrons. The second kappa shape index (κ2) is 11.6. The Kier molecular flexibility index (Phi) is 8.68. The molecule has 0 saturated carbocycles. The van der Waals surface area contributed by atoms with E-state index >= 15 is 4.39 Å². The number of alkyl halides is 2. The van der Waals surface area contributed by atoms with Crippen LogP contribution in [-0.2, 0) is 21.6 Å². The summed E-state index contributed by atoms with van der Waals surface area (Å²) in [5.74, 6) is -14.0. The number of halogens is 8. The molecule has 1 aliphatic heterocycles. The summed E-state index contributed by atoms with van der Waals surface area (Å²) >= 11 is 0. The molecule has 1 N–H and O–H groups in total.